The summed E-state index contributed by atoms with van der Waals surface area (Å²) < 4.78 is 31.3. The highest BCUT2D eigenvalue weighted by Crippen LogP contribution is 2.41. The van der Waals surface area contributed by atoms with Crippen LogP contribution in [0.4, 0.5) is 14.5 Å². The first-order chi connectivity index (χ1) is 12.4. The largest absolute Gasteiger partial charge is 0.366 e. The number of halogens is 2. The van der Waals surface area contributed by atoms with E-state index in [9.17, 15) is 18.8 Å². The summed E-state index contributed by atoms with van der Waals surface area (Å²) in [7, 11) is 0. The maximum Gasteiger partial charge on any atom is 0.269 e. The Kier molecular flexibility index (Phi) is 3.80. The molecule has 0 bridgehead atoms. The minimum atomic E-state index is -1.30. The summed E-state index contributed by atoms with van der Waals surface area (Å²) in [5.74, 6) is -0.430. The Morgan fingerprint density at radius 3 is 2.69 bits per heavy atom. The Bertz CT molecular complexity index is 1000. The zero-order valence-electron chi connectivity index (χ0n) is 15.0. The number of hydrogen-bond acceptors (Lipinski definition) is 3. The molecule has 1 saturated carbocycles. The summed E-state index contributed by atoms with van der Waals surface area (Å²) in [6.07, 6.45) is 2.53. The molecule has 1 atom stereocenters. The smallest absolute Gasteiger partial charge is 0.269 e. The van der Waals surface area contributed by atoms with Crippen LogP contribution in [-0.4, -0.2) is 23.3 Å². The Morgan fingerprint density at radius 1 is 1.38 bits per heavy atom. The third-order valence-corrected chi connectivity index (χ3v) is 5.77. The van der Waals surface area contributed by atoms with E-state index in [2.05, 4.69) is 0 Å². The monoisotopic (exact) mass is 357 g/mol. The zero-order chi connectivity index (χ0) is 18.6. The van der Waals surface area contributed by atoms with Gasteiger partial charge in [-0.2, -0.15) is 5.26 Å². The molecule has 0 radical (unpaired) electrons. The molecule has 2 aliphatic rings. The van der Waals surface area contributed by atoms with Gasteiger partial charge in [0.15, 0.2) is 0 Å². The fourth-order valence-corrected chi connectivity index (χ4v) is 4.12. The number of fused-ring (bicyclic) bond motifs is 1. The first-order valence-electron chi connectivity index (χ1n) is 9.11. The van der Waals surface area contributed by atoms with Crippen molar-refractivity contribution in [3.63, 3.8) is 0 Å². The van der Waals surface area contributed by atoms with Gasteiger partial charge in [0.25, 0.3) is 5.56 Å². The van der Waals surface area contributed by atoms with Crippen molar-refractivity contribution >= 4 is 16.6 Å². The number of aryl methyl sites for hydroxylation is 1. The Balaban J connectivity index is 1.96. The SMILES string of the molecule is CCC1(F)CCN(c2c(F)cc3cc(C#N)c(=O)n(C4CC4)c3c2C)C1. The van der Waals surface area contributed by atoms with Crippen molar-refractivity contribution in [2.75, 3.05) is 18.0 Å². The third kappa shape index (κ3) is 2.49. The predicted molar refractivity (Wildman–Crippen MR) is 96.8 cm³/mol. The van der Waals surface area contributed by atoms with Gasteiger partial charge in [-0.1, -0.05) is 6.92 Å². The van der Waals surface area contributed by atoms with Crippen molar-refractivity contribution in [3.05, 3.63) is 39.4 Å². The van der Waals surface area contributed by atoms with Crippen molar-refractivity contribution in [3.8, 4) is 6.07 Å². The van der Waals surface area contributed by atoms with Gasteiger partial charge in [-0.3, -0.25) is 4.79 Å². The van der Waals surface area contributed by atoms with E-state index in [4.69, 9.17) is 0 Å². The minimum absolute atomic E-state index is 0.0332. The van der Waals surface area contributed by atoms with Crippen molar-refractivity contribution in [1.82, 2.24) is 4.57 Å². The number of rotatable bonds is 3. The van der Waals surface area contributed by atoms with Crippen LogP contribution in [0.2, 0.25) is 0 Å². The third-order valence-electron chi connectivity index (χ3n) is 5.77. The van der Waals surface area contributed by atoms with E-state index in [1.807, 2.05) is 6.07 Å². The molecule has 0 spiro atoms. The molecule has 0 N–H and O–H groups in total. The lowest BCUT2D eigenvalue weighted by molar-refractivity contribution is 0.186. The molecule has 1 saturated heterocycles. The summed E-state index contributed by atoms with van der Waals surface area (Å²) in [6.45, 7) is 4.21. The summed E-state index contributed by atoms with van der Waals surface area (Å²) in [5.41, 5.74) is 0.108. The maximum atomic E-state index is 14.9. The fraction of sp³-hybridized carbons (Fsp3) is 0.500. The molecule has 1 aromatic carbocycles. The Hall–Kier alpha value is -2.42. The van der Waals surface area contributed by atoms with Gasteiger partial charge < -0.3 is 9.47 Å². The van der Waals surface area contributed by atoms with Gasteiger partial charge in [0.2, 0.25) is 0 Å². The molecule has 0 amide bonds. The second kappa shape index (κ2) is 5.80. The van der Waals surface area contributed by atoms with E-state index in [1.54, 1.807) is 23.3 Å². The molecule has 6 heteroatoms. The number of benzene rings is 1. The van der Waals surface area contributed by atoms with Crippen LogP contribution in [0.1, 0.15) is 49.8 Å². The molecule has 1 aliphatic heterocycles. The fourth-order valence-electron chi connectivity index (χ4n) is 4.12. The molecule has 1 unspecified atom stereocenters. The van der Waals surface area contributed by atoms with Crippen molar-refractivity contribution in [1.29, 1.82) is 5.26 Å². The molecule has 136 valence electrons. The normalized spacial score (nSPS) is 22.8. The number of hydrogen-bond donors (Lipinski definition) is 0. The number of pyridine rings is 1. The highest BCUT2D eigenvalue weighted by molar-refractivity contribution is 5.89. The predicted octanol–water partition coefficient (Wildman–Crippen LogP) is 3.98. The van der Waals surface area contributed by atoms with Gasteiger partial charge >= 0.3 is 0 Å². The average Bonchev–Trinajstić information content (AvgIpc) is 3.37. The lowest BCUT2D eigenvalue weighted by atomic mass is 10.0. The van der Waals surface area contributed by atoms with Gasteiger partial charge in [0.05, 0.1) is 17.7 Å². The molecular formula is C20H21F2N3O. The van der Waals surface area contributed by atoms with Crippen LogP contribution in [0, 0.1) is 24.1 Å². The van der Waals surface area contributed by atoms with E-state index in [1.165, 1.54) is 12.1 Å². The molecule has 2 heterocycles. The number of anilines is 1. The number of aromatic nitrogens is 1. The standard InChI is InChI=1S/C20H21F2N3O/c1-3-20(22)6-7-24(11-20)18-12(2)17-13(9-16(18)21)8-14(10-23)19(26)25(17)15-4-5-15/h8-9,15H,3-7,11H2,1-2H3. The quantitative estimate of drug-likeness (QED) is 0.835. The first kappa shape index (κ1) is 17.0. The van der Waals surface area contributed by atoms with Gasteiger partial charge in [-0.15, -0.1) is 0 Å². The lowest BCUT2D eigenvalue weighted by Gasteiger charge is -2.25. The average molecular weight is 357 g/mol. The molecule has 1 aliphatic carbocycles. The topological polar surface area (TPSA) is 49.0 Å². The van der Waals surface area contributed by atoms with Crippen LogP contribution in [0.15, 0.2) is 16.9 Å². The van der Waals surface area contributed by atoms with Crippen LogP contribution in [0.5, 0.6) is 0 Å². The van der Waals surface area contributed by atoms with Crippen LogP contribution in [-0.2, 0) is 0 Å². The summed E-state index contributed by atoms with van der Waals surface area (Å²) in [4.78, 5) is 14.4. The molecular weight excluding hydrogens is 336 g/mol. The van der Waals surface area contributed by atoms with Crippen LogP contribution >= 0.6 is 0 Å². The van der Waals surface area contributed by atoms with Crippen LogP contribution in [0.3, 0.4) is 0 Å². The highest BCUT2D eigenvalue weighted by atomic mass is 19.1. The maximum absolute atomic E-state index is 14.9. The highest BCUT2D eigenvalue weighted by Gasteiger charge is 2.38. The van der Waals surface area contributed by atoms with E-state index >= 15 is 0 Å². The molecule has 2 aromatic rings. The lowest BCUT2D eigenvalue weighted by Crippen LogP contribution is -2.29. The zero-order valence-corrected chi connectivity index (χ0v) is 15.0. The Labute approximate surface area is 150 Å². The van der Waals surface area contributed by atoms with Gasteiger partial charge in [0.1, 0.15) is 23.1 Å². The molecule has 2 fully saturated rings. The molecule has 26 heavy (non-hydrogen) atoms. The minimum Gasteiger partial charge on any atom is -0.366 e. The van der Waals surface area contributed by atoms with Crippen molar-refractivity contribution < 1.29 is 8.78 Å². The summed E-state index contributed by atoms with van der Waals surface area (Å²) >= 11 is 0. The second-order valence-electron chi connectivity index (χ2n) is 7.52. The van der Waals surface area contributed by atoms with Gasteiger partial charge in [-0.25, -0.2) is 8.78 Å². The van der Waals surface area contributed by atoms with Gasteiger partial charge in [0, 0.05) is 24.4 Å². The molecule has 4 nitrogen and oxygen atoms in total. The summed E-state index contributed by atoms with van der Waals surface area (Å²) in [6, 6.07) is 4.82. The summed E-state index contributed by atoms with van der Waals surface area (Å²) in [5, 5.41) is 9.80. The van der Waals surface area contributed by atoms with Crippen molar-refractivity contribution in [2.45, 2.75) is 51.2 Å². The number of nitrogens with zero attached hydrogens (tertiary/aromatic N) is 3. The first-order valence-corrected chi connectivity index (χ1v) is 9.11. The van der Waals surface area contributed by atoms with E-state index in [0.29, 0.717) is 41.5 Å². The van der Waals surface area contributed by atoms with Crippen LogP contribution < -0.4 is 10.5 Å². The van der Waals surface area contributed by atoms with E-state index in [-0.39, 0.29) is 23.7 Å². The molecule has 1 aromatic heterocycles. The number of alkyl halides is 1. The number of nitriles is 1. The second-order valence-corrected chi connectivity index (χ2v) is 7.52. The molecule has 4 rings (SSSR count). The van der Waals surface area contributed by atoms with E-state index < -0.39 is 11.5 Å². The van der Waals surface area contributed by atoms with Crippen molar-refractivity contribution in [2.24, 2.45) is 0 Å². The van der Waals surface area contributed by atoms with Crippen LogP contribution in [0.25, 0.3) is 10.9 Å². The Morgan fingerprint density at radius 2 is 2.12 bits per heavy atom. The van der Waals surface area contributed by atoms with E-state index in [0.717, 1.165) is 12.8 Å². The van der Waals surface area contributed by atoms with Gasteiger partial charge in [-0.05, 0) is 43.9 Å².